The number of carbonyl (C=O) groups is 2. The smallest absolute Gasteiger partial charge is 0.255 e. The zero-order chi connectivity index (χ0) is 19.1. The van der Waals surface area contributed by atoms with Crippen LogP contribution in [0, 0.1) is 0 Å². The van der Waals surface area contributed by atoms with Gasteiger partial charge in [-0.1, -0.05) is 12.1 Å². The van der Waals surface area contributed by atoms with E-state index < -0.39 is 0 Å². The maximum absolute atomic E-state index is 12.2. The van der Waals surface area contributed by atoms with Crippen LogP contribution in [0.4, 0.5) is 5.69 Å². The Hall–Kier alpha value is -3.61. The van der Waals surface area contributed by atoms with E-state index >= 15 is 0 Å². The number of aromatic nitrogens is 2. The van der Waals surface area contributed by atoms with Gasteiger partial charge < -0.3 is 15.4 Å². The molecule has 0 bridgehead atoms. The molecule has 0 saturated carbocycles. The van der Waals surface area contributed by atoms with Gasteiger partial charge in [0.2, 0.25) is 5.91 Å². The van der Waals surface area contributed by atoms with Crippen molar-refractivity contribution in [1.82, 2.24) is 15.1 Å². The first-order chi connectivity index (χ1) is 13.2. The summed E-state index contributed by atoms with van der Waals surface area (Å²) in [6.07, 6.45) is 3.72. The van der Waals surface area contributed by atoms with E-state index in [4.69, 9.17) is 4.74 Å². The minimum atomic E-state index is -0.274. The van der Waals surface area contributed by atoms with Crippen molar-refractivity contribution in [2.45, 2.75) is 6.42 Å². The lowest BCUT2D eigenvalue weighted by Crippen LogP contribution is -2.28. The largest absolute Gasteiger partial charge is 0.496 e. The van der Waals surface area contributed by atoms with Crippen molar-refractivity contribution in [3.8, 4) is 11.4 Å². The Balaban J connectivity index is 1.48. The topological polar surface area (TPSA) is 85.2 Å². The van der Waals surface area contributed by atoms with Crippen molar-refractivity contribution in [2.75, 3.05) is 19.0 Å². The summed E-state index contributed by atoms with van der Waals surface area (Å²) in [7, 11) is 1.51. The summed E-state index contributed by atoms with van der Waals surface area (Å²) in [5.41, 5.74) is 2.03. The van der Waals surface area contributed by atoms with Gasteiger partial charge in [-0.15, -0.1) is 0 Å². The number of carbonyl (C=O) groups excluding carboxylic acids is 2. The quantitative estimate of drug-likeness (QED) is 0.675. The molecular weight excluding hydrogens is 344 g/mol. The van der Waals surface area contributed by atoms with Gasteiger partial charge in [0.15, 0.2) is 0 Å². The van der Waals surface area contributed by atoms with E-state index in [0.717, 1.165) is 5.69 Å². The Morgan fingerprint density at radius 2 is 1.85 bits per heavy atom. The number of anilines is 1. The van der Waals surface area contributed by atoms with Crippen LogP contribution in [-0.4, -0.2) is 35.2 Å². The maximum Gasteiger partial charge on any atom is 0.255 e. The first-order valence-electron chi connectivity index (χ1n) is 8.48. The predicted molar refractivity (Wildman–Crippen MR) is 102 cm³/mol. The molecule has 7 heteroatoms. The molecule has 0 saturated heterocycles. The molecular formula is C20H20N4O3. The summed E-state index contributed by atoms with van der Waals surface area (Å²) in [5.74, 6) is 0.0442. The molecule has 3 rings (SSSR count). The highest BCUT2D eigenvalue weighted by molar-refractivity contribution is 5.97. The fraction of sp³-hybridized carbons (Fsp3) is 0.150. The van der Waals surface area contributed by atoms with Crippen molar-refractivity contribution >= 4 is 17.5 Å². The fourth-order valence-corrected chi connectivity index (χ4v) is 2.56. The molecule has 0 fully saturated rings. The number of methoxy groups -OCH3 is 1. The van der Waals surface area contributed by atoms with E-state index in [1.54, 1.807) is 35.1 Å². The summed E-state index contributed by atoms with van der Waals surface area (Å²) in [6.45, 7) is 0.230. The molecule has 0 aliphatic heterocycles. The second-order valence-corrected chi connectivity index (χ2v) is 5.75. The zero-order valence-electron chi connectivity index (χ0n) is 14.9. The van der Waals surface area contributed by atoms with Gasteiger partial charge in [0.25, 0.3) is 5.91 Å². The van der Waals surface area contributed by atoms with Gasteiger partial charge in [-0.3, -0.25) is 9.59 Å². The molecule has 2 aromatic carbocycles. The summed E-state index contributed by atoms with van der Waals surface area (Å²) in [5, 5.41) is 9.68. The summed E-state index contributed by atoms with van der Waals surface area (Å²) in [6, 6.07) is 16.1. The first-order valence-corrected chi connectivity index (χ1v) is 8.48. The van der Waals surface area contributed by atoms with Crippen molar-refractivity contribution in [2.24, 2.45) is 0 Å². The molecule has 3 aromatic rings. The van der Waals surface area contributed by atoms with Crippen LogP contribution in [0.3, 0.4) is 0 Å². The summed E-state index contributed by atoms with van der Waals surface area (Å²) in [4.78, 5) is 24.2. The molecule has 0 aliphatic rings. The first kappa shape index (κ1) is 18.2. The molecule has 0 unspecified atom stereocenters. The van der Waals surface area contributed by atoms with Crippen molar-refractivity contribution < 1.29 is 14.3 Å². The van der Waals surface area contributed by atoms with Crippen LogP contribution in [0.15, 0.2) is 67.0 Å². The lowest BCUT2D eigenvalue weighted by molar-refractivity contribution is -0.116. The number of benzene rings is 2. The van der Waals surface area contributed by atoms with Gasteiger partial charge in [-0.05, 0) is 42.5 Å². The lowest BCUT2D eigenvalue weighted by atomic mass is 10.2. The Morgan fingerprint density at radius 1 is 1.07 bits per heavy atom. The highest BCUT2D eigenvalue weighted by Gasteiger charge is 2.11. The molecule has 0 radical (unpaired) electrons. The highest BCUT2D eigenvalue weighted by Crippen LogP contribution is 2.17. The molecule has 138 valence electrons. The van der Waals surface area contributed by atoms with E-state index in [0.29, 0.717) is 17.0 Å². The third-order valence-corrected chi connectivity index (χ3v) is 3.91. The number of nitrogens with zero attached hydrogens (tertiary/aromatic N) is 2. The van der Waals surface area contributed by atoms with E-state index in [-0.39, 0.29) is 24.8 Å². The Morgan fingerprint density at radius 3 is 2.56 bits per heavy atom. The third-order valence-electron chi connectivity index (χ3n) is 3.91. The van der Waals surface area contributed by atoms with Gasteiger partial charge >= 0.3 is 0 Å². The Bertz CT molecular complexity index is 905. The monoisotopic (exact) mass is 364 g/mol. The van der Waals surface area contributed by atoms with Crippen molar-refractivity contribution in [1.29, 1.82) is 0 Å². The minimum absolute atomic E-state index is 0.168. The van der Waals surface area contributed by atoms with E-state index in [2.05, 4.69) is 15.7 Å². The van der Waals surface area contributed by atoms with E-state index in [1.165, 1.54) is 7.11 Å². The highest BCUT2D eigenvalue weighted by atomic mass is 16.5. The Labute approximate surface area is 157 Å². The van der Waals surface area contributed by atoms with Crippen LogP contribution >= 0.6 is 0 Å². The molecule has 0 atom stereocenters. The van der Waals surface area contributed by atoms with Gasteiger partial charge in [-0.25, -0.2) is 4.68 Å². The number of ether oxygens (including phenoxy) is 1. The maximum atomic E-state index is 12.2. The fourth-order valence-electron chi connectivity index (χ4n) is 2.56. The van der Waals surface area contributed by atoms with Crippen LogP contribution in [0.2, 0.25) is 0 Å². The number of hydrogen-bond acceptors (Lipinski definition) is 4. The average molecular weight is 364 g/mol. The standard InChI is InChI=1S/C20H20N4O3/c1-27-18-6-3-2-5-17(18)20(26)21-13-11-19(25)23-15-7-9-16(10-8-15)24-14-4-12-22-24/h2-10,12,14H,11,13H2,1H3,(H,21,26)(H,23,25). The lowest BCUT2D eigenvalue weighted by Gasteiger charge is -2.09. The number of amides is 2. The zero-order valence-corrected chi connectivity index (χ0v) is 14.9. The Kier molecular flexibility index (Phi) is 5.84. The van der Waals surface area contributed by atoms with Gasteiger partial charge in [0.05, 0.1) is 18.4 Å². The van der Waals surface area contributed by atoms with Gasteiger partial charge in [0.1, 0.15) is 5.75 Å². The van der Waals surface area contributed by atoms with Gasteiger partial charge in [-0.2, -0.15) is 5.10 Å². The summed E-state index contributed by atoms with van der Waals surface area (Å²) >= 11 is 0. The average Bonchev–Trinajstić information content (AvgIpc) is 3.23. The molecule has 0 spiro atoms. The number of hydrogen-bond donors (Lipinski definition) is 2. The second-order valence-electron chi connectivity index (χ2n) is 5.75. The molecule has 2 N–H and O–H groups in total. The minimum Gasteiger partial charge on any atom is -0.496 e. The molecule has 0 aliphatic carbocycles. The number of rotatable bonds is 7. The van der Waals surface area contributed by atoms with Crippen LogP contribution in [0.1, 0.15) is 16.8 Å². The molecule has 1 heterocycles. The SMILES string of the molecule is COc1ccccc1C(=O)NCCC(=O)Nc1ccc(-n2cccn2)cc1. The normalized spacial score (nSPS) is 10.3. The molecule has 1 aromatic heterocycles. The van der Waals surface area contributed by atoms with E-state index in [9.17, 15) is 9.59 Å². The molecule has 27 heavy (non-hydrogen) atoms. The van der Waals surface area contributed by atoms with Crippen LogP contribution in [0.5, 0.6) is 5.75 Å². The second kappa shape index (κ2) is 8.66. The van der Waals surface area contributed by atoms with Crippen molar-refractivity contribution in [3.05, 3.63) is 72.6 Å². The number of nitrogens with one attached hydrogen (secondary N) is 2. The predicted octanol–water partition coefficient (Wildman–Crippen LogP) is 2.64. The van der Waals surface area contributed by atoms with E-state index in [1.807, 2.05) is 36.5 Å². The molecule has 2 amide bonds. The van der Waals surface area contributed by atoms with Crippen LogP contribution < -0.4 is 15.4 Å². The molecule has 7 nitrogen and oxygen atoms in total. The summed E-state index contributed by atoms with van der Waals surface area (Å²) < 4.78 is 6.90. The third kappa shape index (κ3) is 4.72. The van der Waals surface area contributed by atoms with Gasteiger partial charge in [0, 0.05) is 31.0 Å². The van der Waals surface area contributed by atoms with Crippen molar-refractivity contribution in [3.63, 3.8) is 0 Å². The van der Waals surface area contributed by atoms with Crippen LogP contribution in [-0.2, 0) is 4.79 Å². The number of para-hydroxylation sites is 1. The van der Waals surface area contributed by atoms with Crippen LogP contribution in [0.25, 0.3) is 5.69 Å².